The van der Waals surface area contributed by atoms with Gasteiger partial charge in [-0.15, -0.1) is 5.10 Å². The zero-order valence-electron chi connectivity index (χ0n) is 17.1. The lowest BCUT2D eigenvalue weighted by Crippen LogP contribution is -2.47. The number of methoxy groups -OCH3 is 1. The number of carbonyl (C=O) groups is 2. The van der Waals surface area contributed by atoms with Crippen molar-refractivity contribution in [1.29, 1.82) is 0 Å². The Morgan fingerprint density at radius 3 is 2.96 bits per heavy atom. The SMILES string of the molecule is COC(=O)N(C)C[C@H]1OCc2cn(nn2)CCCC(=O)N([C@@H](C)CO)C[C@H]1C. The second kappa shape index (κ2) is 10.4. The molecule has 1 aliphatic heterocycles. The van der Waals surface area contributed by atoms with Gasteiger partial charge in [0, 0.05) is 32.5 Å². The quantitative estimate of drug-likeness (QED) is 0.788. The first-order valence-electron chi connectivity index (χ1n) is 9.55. The van der Waals surface area contributed by atoms with E-state index < -0.39 is 6.09 Å². The number of aliphatic hydroxyl groups excluding tert-OH is 1. The number of amides is 2. The summed E-state index contributed by atoms with van der Waals surface area (Å²) in [7, 11) is 2.97. The van der Waals surface area contributed by atoms with E-state index in [4.69, 9.17) is 9.47 Å². The van der Waals surface area contributed by atoms with E-state index in [9.17, 15) is 14.7 Å². The van der Waals surface area contributed by atoms with E-state index in [1.165, 1.54) is 12.0 Å². The van der Waals surface area contributed by atoms with Crippen molar-refractivity contribution in [2.24, 2.45) is 5.92 Å². The molecule has 0 aromatic carbocycles. The number of aliphatic hydroxyl groups is 1. The number of aromatic nitrogens is 3. The van der Waals surface area contributed by atoms with Gasteiger partial charge in [-0.3, -0.25) is 9.48 Å². The van der Waals surface area contributed by atoms with Crippen LogP contribution in [0, 0.1) is 5.92 Å². The molecule has 2 rings (SSSR count). The number of fused-ring (bicyclic) bond motifs is 2. The van der Waals surface area contributed by atoms with Gasteiger partial charge in [0.2, 0.25) is 5.91 Å². The van der Waals surface area contributed by atoms with Crippen molar-refractivity contribution < 1.29 is 24.2 Å². The van der Waals surface area contributed by atoms with Crippen molar-refractivity contribution >= 4 is 12.0 Å². The average molecular weight is 397 g/mol. The number of carbonyl (C=O) groups excluding carboxylic acids is 2. The summed E-state index contributed by atoms with van der Waals surface area (Å²) in [5.74, 6) is -0.103. The summed E-state index contributed by atoms with van der Waals surface area (Å²) in [6, 6.07) is -0.295. The second-order valence-corrected chi connectivity index (χ2v) is 7.33. The van der Waals surface area contributed by atoms with E-state index in [0.29, 0.717) is 38.2 Å². The molecular weight excluding hydrogens is 366 g/mol. The number of aryl methyl sites for hydroxylation is 1. The first-order valence-corrected chi connectivity index (χ1v) is 9.55. The Bertz CT molecular complexity index is 652. The van der Waals surface area contributed by atoms with Crippen LogP contribution in [0.4, 0.5) is 4.79 Å². The minimum absolute atomic E-state index is 0.0203. The molecule has 0 saturated carbocycles. The van der Waals surface area contributed by atoms with E-state index in [1.54, 1.807) is 16.6 Å². The Kier molecular flexibility index (Phi) is 8.18. The fraction of sp³-hybridized carbons (Fsp3) is 0.778. The third-order valence-electron chi connectivity index (χ3n) is 4.99. The fourth-order valence-electron chi connectivity index (χ4n) is 3.19. The zero-order valence-corrected chi connectivity index (χ0v) is 17.1. The summed E-state index contributed by atoms with van der Waals surface area (Å²) < 4.78 is 12.5. The molecule has 0 aliphatic carbocycles. The van der Waals surface area contributed by atoms with Gasteiger partial charge in [-0.25, -0.2) is 4.79 Å². The summed E-state index contributed by atoms with van der Waals surface area (Å²) >= 11 is 0. The Morgan fingerprint density at radius 2 is 2.29 bits per heavy atom. The summed E-state index contributed by atoms with van der Waals surface area (Å²) in [5, 5.41) is 17.8. The lowest BCUT2D eigenvalue weighted by Gasteiger charge is -2.34. The number of likely N-dealkylation sites (N-methyl/N-ethyl adjacent to an activating group) is 1. The van der Waals surface area contributed by atoms with E-state index in [2.05, 4.69) is 10.3 Å². The van der Waals surface area contributed by atoms with Crippen molar-refractivity contribution in [2.75, 3.05) is 33.9 Å². The van der Waals surface area contributed by atoms with Gasteiger partial charge in [-0.2, -0.15) is 0 Å². The molecule has 158 valence electrons. The van der Waals surface area contributed by atoms with Crippen LogP contribution in [0.25, 0.3) is 0 Å². The largest absolute Gasteiger partial charge is 0.453 e. The van der Waals surface area contributed by atoms with Crippen LogP contribution in [0.5, 0.6) is 0 Å². The maximum atomic E-state index is 12.8. The highest BCUT2D eigenvalue weighted by atomic mass is 16.5. The maximum Gasteiger partial charge on any atom is 0.409 e. The standard InChI is InChI=1S/C18H31N5O5/c1-13-8-23(14(2)11-24)17(25)6-5-7-22-9-15(19-20-22)12-28-16(13)10-21(3)18(26)27-4/h9,13-14,16,24H,5-8,10-12H2,1-4H3/t13-,14+,16-/m1/s1. The second-order valence-electron chi connectivity index (χ2n) is 7.33. The first kappa shape index (κ1) is 22.1. The summed E-state index contributed by atoms with van der Waals surface area (Å²) in [6.07, 6.45) is 2.00. The number of rotatable bonds is 4. The Hall–Kier alpha value is -2.20. The average Bonchev–Trinajstić information content (AvgIpc) is 3.14. The van der Waals surface area contributed by atoms with Gasteiger partial charge >= 0.3 is 6.09 Å². The van der Waals surface area contributed by atoms with Gasteiger partial charge in [0.1, 0.15) is 5.69 Å². The maximum absolute atomic E-state index is 12.8. The molecule has 0 fully saturated rings. The Balaban J connectivity index is 2.23. The number of ether oxygens (including phenoxy) is 2. The van der Waals surface area contributed by atoms with Gasteiger partial charge in [0.25, 0.3) is 0 Å². The molecule has 10 heteroatoms. The van der Waals surface area contributed by atoms with E-state index in [-0.39, 0.29) is 37.2 Å². The number of nitrogens with zero attached hydrogens (tertiary/aromatic N) is 5. The van der Waals surface area contributed by atoms with Crippen LogP contribution in [0.15, 0.2) is 6.20 Å². The summed E-state index contributed by atoms with van der Waals surface area (Å²) in [4.78, 5) is 27.7. The van der Waals surface area contributed by atoms with Crippen LogP contribution in [-0.4, -0.2) is 87.9 Å². The number of hydrogen-bond donors (Lipinski definition) is 1. The van der Waals surface area contributed by atoms with Crippen LogP contribution < -0.4 is 0 Å². The van der Waals surface area contributed by atoms with Crippen molar-refractivity contribution in [2.45, 2.75) is 52.0 Å². The van der Waals surface area contributed by atoms with Gasteiger partial charge in [-0.05, 0) is 13.3 Å². The molecule has 1 aliphatic rings. The van der Waals surface area contributed by atoms with Gasteiger partial charge in [0.05, 0.1) is 45.2 Å². The molecule has 2 amide bonds. The lowest BCUT2D eigenvalue weighted by atomic mass is 10.0. The molecule has 0 radical (unpaired) electrons. The molecule has 1 N–H and O–H groups in total. The first-order chi connectivity index (χ1) is 13.3. The van der Waals surface area contributed by atoms with Crippen LogP contribution in [0.3, 0.4) is 0 Å². The predicted octanol–water partition coefficient (Wildman–Crippen LogP) is 0.501. The minimum atomic E-state index is -0.457. The molecular formula is C18H31N5O5. The zero-order chi connectivity index (χ0) is 20.7. The molecule has 0 spiro atoms. The topological polar surface area (TPSA) is 110 Å². The molecule has 1 aromatic rings. The summed E-state index contributed by atoms with van der Waals surface area (Å²) in [6.45, 7) is 5.25. The van der Waals surface area contributed by atoms with Crippen molar-refractivity contribution in [3.05, 3.63) is 11.9 Å². The van der Waals surface area contributed by atoms with E-state index in [0.717, 1.165) is 0 Å². The van der Waals surface area contributed by atoms with Crippen molar-refractivity contribution in [3.8, 4) is 0 Å². The molecule has 10 nitrogen and oxygen atoms in total. The summed E-state index contributed by atoms with van der Waals surface area (Å²) in [5.41, 5.74) is 0.698. The third kappa shape index (κ3) is 5.90. The Morgan fingerprint density at radius 1 is 1.54 bits per heavy atom. The Labute approximate surface area is 165 Å². The lowest BCUT2D eigenvalue weighted by molar-refractivity contribution is -0.136. The van der Waals surface area contributed by atoms with Gasteiger partial charge in [0.15, 0.2) is 0 Å². The molecule has 28 heavy (non-hydrogen) atoms. The van der Waals surface area contributed by atoms with Gasteiger partial charge in [-0.1, -0.05) is 12.1 Å². The van der Waals surface area contributed by atoms with Crippen LogP contribution in [0.1, 0.15) is 32.4 Å². The highest BCUT2D eigenvalue weighted by molar-refractivity contribution is 5.76. The van der Waals surface area contributed by atoms with E-state index >= 15 is 0 Å². The molecule has 1 aromatic heterocycles. The van der Waals surface area contributed by atoms with Gasteiger partial charge < -0.3 is 24.4 Å². The molecule has 0 unspecified atom stereocenters. The highest BCUT2D eigenvalue weighted by Crippen LogP contribution is 2.17. The van der Waals surface area contributed by atoms with Crippen molar-refractivity contribution in [3.63, 3.8) is 0 Å². The number of hydrogen-bond acceptors (Lipinski definition) is 7. The van der Waals surface area contributed by atoms with Crippen LogP contribution in [0.2, 0.25) is 0 Å². The monoisotopic (exact) mass is 397 g/mol. The third-order valence-corrected chi connectivity index (χ3v) is 4.99. The predicted molar refractivity (Wildman–Crippen MR) is 100 cm³/mol. The van der Waals surface area contributed by atoms with Crippen LogP contribution in [-0.2, 0) is 27.4 Å². The normalized spacial score (nSPS) is 22.6. The van der Waals surface area contributed by atoms with Crippen LogP contribution >= 0.6 is 0 Å². The van der Waals surface area contributed by atoms with Crippen molar-refractivity contribution in [1.82, 2.24) is 24.8 Å². The highest BCUT2D eigenvalue weighted by Gasteiger charge is 2.28. The molecule has 2 heterocycles. The smallest absolute Gasteiger partial charge is 0.409 e. The molecule has 3 atom stereocenters. The fourth-order valence-corrected chi connectivity index (χ4v) is 3.19. The van der Waals surface area contributed by atoms with E-state index in [1.807, 2.05) is 20.0 Å². The molecule has 0 saturated heterocycles. The molecule has 2 bridgehead atoms. The minimum Gasteiger partial charge on any atom is -0.453 e.